The van der Waals surface area contributed by atoms with Crippen molar-refractivity contribution in [2.45, 2.75) is 45.2 Å². The lowest BCUT2D eigenvalue weighted by atomic mass is 10.1. The van der Waals surface area contributed by atoms with Gasteiger partial charge in [0.05, 0.1) is 34.5 Å². The van der Waals surface area contributed by atoms with Crippen molar-refractivity contribution in [1.29, 1.82) is 0 Å². The Kier molecular flexibility index (Phi) is 4.04. The minimum Gasteiger partial charge on any atom is -0.367 e. The van der Waals surface area contributed by atoms with Crippen molar-refractivity contribution in [2.75, 3.05) is 18.0 Å². The highest BCUT2D eigenvalue weighted by atomic mass is 35.5. The van der Waals surface area contributed by atoms with Gasteiger partial charge in [0.1, 0.15) is 5.69 Å². The molecule has 1 spiro atoms. The number of aromatic nitrogens is 5. The molecule has 0 amide bonds. The van der Waals surface area contributed by atoms with Crippen molar-refractivity contribution in [3.05, 3.63) is 46.9 Å². The Balaban J connectivity index is 1.40. The maximum absolute atomic E-state index is 6.72. The van der Waals surface area contributed by atoms with Crippen molar-refractivity contribution in [1.82, 2.24) is 29.9 Å². The molecule has 4 aromatic rings. The average molecular weight is 434 g/mol. The molecule has 8 heteroatoms. The summed E-state index contributed by atoms with van der Waals surface area (Å²) in [6, 6.07) is 6.46. The molecule has 5 heterocycles. The first-order valence-corrected chi connectivity index (χ1v) is 11.1. The number of pyridine rings is 2. The van der Waals surface area contributed by atoms with Crippen LogP contribution in [0.3, 0.4) is 0 Å². The molecule has 0 unspecified atom stereocenters. The molecule has 7 nitrogen and oxygen atoms in total. The molecule has 1 atom stereocenters. The monoisotopic (exact) mass is 433 g/mol. The number of fused-ring (bicyclic) bond motifs is 2. The fourth-order valence-corrected chi connectivity index (χ4v) is 5.00. The number of nitrogens with zero attached hydrogens (tertiary/aromatic N) is 6. The molecule has 0 radical (unpaired) electrons. The zero-order valence-corrected chi connectivity index (χ0v) is 18.6. The van der Waals surface area contributed by atoms with Gasteiger partial charge >= 0.3 is 0 Å². The van der Waals surface area contributed by atoms with Crippen LogP contribution in [0.15, 0.2) is 30.6 Å². The Hall–Kier alpha value is -2.77. The standard InChI is InChI=1S/C23H24ClN7/c1-13-6-20(29-31-11-14(2)26-22(13)31)19-8-18(24)17-7-16(9-25-21(17)27-19)30-10-15(3)28-23(12-30)4-5-23/h6-9,11,15,28H,4-5,10,12H2,1-3H3/t15-/m0/s1. The van der Waals surface area contributed by atoms with Crippen molar-refractivity contribution in [2.24, 2.45) is 0 Å². The molecule has 1 N–H and O–H groups in total. The predicted molar refractivity (Wildman–Crippen MR) is 123 cm³/mol. The fourth-order valence-electron chi connectivity index (χ4n) is 4.75. The third kappa shape index (κ3) is 3.23. The zero-order chi connectivity index (χ0) is 21.3. The van der Waals surface area contributed by atoms with E-state index in [1.54, 1.807) is 4.52 Å². The van der Waals surface area contributed by atoms with Gasteiger partial charge in [0.25, 0.3) is 0 Å². The lowest BCUT2D eigenvalue weighted by molar-refractivity contribution is 0.372. The molecular weight excluding hydrogens is 410 g/mol. The minimum absolute atomic E-state index is 0.284. The van der Waals surface area contributed by atoms with Crippen LogP contribution < -0.4 is 10.2 Å². The molecule has 0 aromatic carbocycles. The molecule has 6 rings (SSSR count). The van der Waals surface area contributed by atoms with Gasteiger partial charge in [-0.3, -0.25) is 0 Å². The van der Waals surface area contributed by atoms with E-state index in [0.29, 0.717) is 22.4 Å². The van der Waals surface area contributed by atoms with Gasteiger partial charge in [0.15, 0.2) is 11.3 Å². The second-order valence-electron chi connectivity index (χ2n) is 9.12. The van der Waals surface area contributed by atoms with E-state index >= 15 is 0 Å². The summed E-state index contributed by atoms with van der Waals surface area (Å²) in [6.07, 6.45) is 6.33. The van der Waals surface area contributed by atoms with Gasteiger partial charge in [-0.05, 0) is 57.4 Å². The number of aryl methyl sites for hydroxylation is 2. The maximum Gasteiger partial charge on any atom is 0.161 e. The van der Waals surface area contributed by atoms with Crippen molar-refractivity contribution in [3.8, 4) is 11.4 Å². The summed E-state index contributed by atoms with van der Waals surface area (Å²) >= 11 is 6.72. The normalized spacial score (nSPS) is 20.1. The molecule has 1 saturated carbocycles. The van der Waals surface area contributed by atoms with E-state index in [4.69, 9.17) is 16.6 Å². The van der Waals surface area contributed by atoms with Crippen LogP contribution in [0.4, 0.5) is 5.69 Å². The summed E-state index contributed by atoms with van der Waals surface area (Å²) < 4.78 is 1.80. The van der Waals surface area contributed by atoms with Gasteiger partial charge in [-0.15, -0.1) is 0 Å². The van der Waals surface area contributed by atoms with Crippen LogP contribution >= 0.6 is 11.6 Å². The van der Waals surface area contributed by atoms with Gasteiger partial charge < -0.3 is 10.2 Å². The molecule has 4 aromatic heterocycles. The summed E-state index contributed by atoms with van der Waals surface area (Å²) in [6.45, 7) is 8.22. The first-order valence-electron chi connectivity index (χ1n) is 10.7. The second kappa shape index (κ2) is 6.61. The number of hydrogen-bond donors (Lipinski definition) is 1. The Morgan fingerprint density at radius 1 is 1.13 bits per heavy atom. The van der Waals surface area contributed by atoms with Crippen molar-refractivity contribution >= 4 is 34.0 Å². The topological polar surface area (TPSA) is 71.2 Å². The Bertz CT molecular complexity index is 1340. The predicted octanol–water partition coefficient (Wildman–Crippen LogP) is 3.94. The molecule has 1 aliphatic heterocycles. The van der Waals surface area contributed by atoms with Crippen LogP contribution in [0.1, 0.15) is 31.0 Å². The summed E-state index contributed by atoms with van der Waals surface area (Å²) in [5.41, 5.74) is 6.32. The van der Waals surface area contributed by atoms with Gasteiger partial charge in [-0.2, -0.15) is 5.10 Å². The van der Waals surface area contributed by atoms with Crippen molar-refractivity contribution in [3.63, 3.8) is 0 Å². The molecule has 31 heavy (non-hydrogen) atoms. The van der Waals surface area contributed by atoms with E-state index in [2.05, 4.69) is 38.3 Å². The Morgan fingerprint density at radius 2 is 1.97 bits per heavy atom. The van der Waals surface area contributed by atoms with E-state index in [9.17, 15) is 0 Å². The first-order chi connectivity index (χ1) is 14.9. The zero-order valence-electron chi connectivity index (χ0n) is 17.9. The van der Waals surface area contributed by atoms with Crippen LogP contribution in [0.25, 0.3) is 28.1 Å². The molecule has 158 valence electrons. The van der Waals surface area contributed by atoms with Crippen LogP contribution in [0.5, 0.6) is 0 Å². The van der Waals surface area contributed by atoms with Crippen LogP contribution in [-0.4, -0.2) is 49.2 Å². The summed E-state index contributed by atoms with van der Waals surface area (Å²) in [5, 5.41) is 9.94. The van der Waals surface area contributed by atoms with Gasteiger partial charge in [-0.25, -0.2) is 19.5 Å². The van der Waals surface area contributed by atoms with Crippen molar-refractivity contribution < 1.29 is 0 Å². The lowest BCUT2D eigenvalue weighted by Crippen LogP contribution is -2.57. The minimum atomic E-state index is 0.284. The number of nitrogens with one attached hydrogen (secondary N) is 1. The maximum atomic E-state index is 6.72. The average Bonchev–Trinajstić information content (AvgIpc) is 3.34. The van der Waals surface area contributed by atoms with Gasteiger partial charge in [0, 0.05) is 30.1 Å². The number of piperazine rings is 1. The molecular formula is C23H24ClN7. The van der Waals surface area contributed by atoms with Gasteiger partial charge in [0.2, 0.25) is 0 Å². The highest BCUT2D eigenvalue weighted by Crippen LogP contribution is 2.40. The summed E-state index contributed by atoms with van der Waals surface area (Å²) in [4.78, 5) is 16.4. The molecule has 2 aliphatic rings. The lowest BCUT2D eigenvalue weighted by Gasteiger charge is -2.39. The highest BCUT2D eigenvalue weighted by molar-refractivity contribution is 6.35. The van der Waals surface area contributed by atoms with Gasteiger partial charge in [-0.1, -0.05) is 11.6 Å². The quantitative estimate of drug-likeness (QED) is 0.516. The highest BCUT2D eigenvalue weighted by Gasteiger charge is 2.47. The summed E-state index contributed by atoms with van der Waals surface area (Å²) in [5.74, 6) is 0. The number of halogens is 1. The number of anilines is 1. The Labute approximate surface area is 185 Å². The second-order valence-corrected chi connectivity index (χ2v) is 9.53. The van der Waals surface area contributed by atoms with E-state index < -0.39 is 0 Å². The fraction of sp³-hybridized carbons (Fsp3) is 0.391. The summed E-state index contributed by atoms with van der Waals surface area (Å²) in [7, 11) is 0. The largest absolute Gasteiger partial charge is 0.367 e. The molecule has 1 aliphatic carbocycles. The SMILES string of the molecule is Cc1cn2nc(-c3cc(Cl)c4cc(N5C[C@H](C)NC6(CC6)C5)cnc4n3)cc(C)c2n1. The van der Waals surface area contributed by atoms with E-state index in [1.807, 2.05) is 38.4 Å². The molecule has 2 fully saturated rings. The number of hydrogen-bond acceptors (Lipinski definition) is 6. The van der Waals surface area contributed by atoms with Crippen LogP contribution in [0.2, 0.25) is 5.02 Å². The molecule has 0 bridgehead atoms. The molecule has 1 saturated heterocycles. The van der Waals surface area contributed by atoms with Crippen LogP contribution in [0, 0.1) is 13.8 Å². The van der Waals surface area contributed by atoms with E-state index in [-0.39, 0.29) is 5.54 Å². The smallest absolute Gasteiger partial charge is 0.161 e. The van der Waals surface area contributed by atoms with E-state index in [1.165, 1.54) is 12.8 Å². The first kappa shape index (κ1) is 19.0. The number of imidazole rings is 1. The third-order valence-corrected chi connectivity index (χ3v) is 6.66. The number of rotatable bonds is 2. The van der Waals surface area contributed by atoms with Crippen LogP contribution in [-0.2, 0) is 0 Å². The van der Waals surface area contributed by atoms with E-state index in [0.717, 1.165) is 46.8 Å². The Morgan fingerprint density at radius 3 is 2.77 bits per heavy atom. The third-order valence-electron chi connectivity index (χ3n) is 6.35.